The predicted molar refractivity (Wildman–Crippen MR) is 140 cm³/mol. The van der Waals surface area contributed by atoms with Gasteiger partial charge in [0.25, 0.3) is 5.91 Å². The molecule has 162 valence electrons. The van der Waals surface area contributed by atoms with Gasteiger partial charge in [-0.25, -0.2) is 4.98 Å². The van der Waals surface area contributed by atoms with E-state index in [1.807, 2.05) is 30.3 Å². The molecular weight excluding hydrogens is 468 g/mol. The largest absolute Gasteiger partial charge is 0.322 e. The first-order valence-electron chi connectivity index (χ1n) is 10.4. The van der Waals surface area contributed by atoms with E-state index >= 15 is 0 Å². The summed E-state index contributed by atoms with van der Waals surface area (Å²) < 4.78 is 2.02. The topological polar surface area (TPSA) is 42.0 Å². The summed E-state index contributed by atoms with van der Waals surface area (Å²) in [4.78, 5) is 17.4. The first kappa shape index (κ1) is 21.7. The first-order valence-corrected chi connectivity index (χ1v) is 12.5. The van der Waals surface area contributed by atoms with E-state index in [1.165, 1.54) is 11.1 Å². The number of halogens is 1. The van der Waals surface area contributed by atoms with Crippen molar-refractivity contribution in [2.24, 2.45) is 0 Å². The zero-order chi connectivity index (χ0) is 22.6. The second-order valence-corrected chi connectivity index (χ2v) is 10.3. The summed E-state index contributed by atoms with van der Waals surface area (Å²) >= 11 is 9.30. The van der Waals surface area contributed by atoms with Crippen molar-refractivity contribution in [1.29, 1.82) is 0 Å². The highest BCUT2D eigenvalue weighted by Gasteiger charge is 2.18. The van der Waals surface area contributed by atoms with Crippen LogP contribution in [0.3, 0.4) is 0 Å². The van der Waals surface area contributed by atoms with Gasteiger partial charge >= 0.3 is 0 Å². The minimum absolute atomic E-state index is 0.150. The Bertz CT molecular complexity index is 1350. The molecule has 1 N–H and O–H groups in total. The second kappa shape index (κ2) is 9.79. The van der Waals surface area contributed by atoms with Gasteiger partial charge < -0.3 is 5.32 Å². The molecule has 0 radical (unpaired) electrons. The van der Waals surface area contributed by atoms with Gasteiger partial charge in [-0.15, -0.1) is 11.3 Å². The van der Waals surface area contributed by atoms with Gasteiger partial charge in [0.1, 0.15) is 0 Å². The Labute approximate surface area is 205 Å². The smallest absolute Gasteiger partial charge is 0.255 e. The molecule has 0 saturated carbocycles. The van der Waals surface area contributed by atoms with Crippen LogP contribution in [0, 0.1) is 0 Å². The maximum Gasteiger partial charge on any atom is 0.255 e. The number of nitrogens with zero attached hydrogens (tertiary/aromatic N) is 1. The zero-order valence-corrected chi connectivity index (χ0v) is 19.8. The van der Waals surface area contributed by atoms with E-state index < -0.39 is 0 Å². The summed E-state index contributed by atoms with van der Waals surface area (Å²) in [7, 11) is 0. The van der Waals surface area contributed by atoms with Gasteiger partial charge in [0, 0.05) is 16.3 Å². The van der Waals surface area contributed by atoms with Crippen molar-refractivity contribution >= 4 is 56.5 Å². The average molecular weight is 487 g/mol. The number of benzene rings is 4. The molecule has 0 spiro atoms. The molecule has 0 aliphatic carbocycles. The fourth-order valence-corrected chi connectivity index (χ4v) is 6.07. The van der Waals surface area contributed by atoms with E-state index in [1.54, 1.807) is 47.4 Å². The molecule has 0 unspecified atom stereocenters. The van der Waals surface area contributed by atoms with Crippen molar-refractivity contribution in [2.45, 2.75) is 9.59 Å². The lowest BCUT2D eigenvalue weighted by atomic mass is 10.0. The normalized spacial score (nSPS) is 11.1. The average Bonchev–Trinajstić information content (AvgIpc) is 3.26. The summed E-state index contributed by atoms with van der Waals surface area (Å²) in [6, 6.07) is 33.6. The molecule has 1 amide bonds. The van der Waals surface area contributed by atoms with Crippen LogP contribution in [-0.4, -0.2) is 10.9 Å². The molecule has 1 heterocycles. The lowest BCUT2D eigenvalue weighted by Gasteiger charge is -2.16. The van der Waals surface area contributed by atoms with E-state index in [-0.39, 0.29) is 11.2 Å². The summed E-state index contributed by atoms with van der Waals surface area (Å²) in [6.45, 7) is 0. The third-order valence-electron chi connectivity index (χ3n) is 5.16. The Morgan fingerprint density at radius 1 is 0.848 bits per heavy atom. The first-order chi connectivity index (χ1) is 16.2. The Kier molecular flexibility index (Phi) is 6.44. The standard InChI is InChI=1S/C27H19ClN2OS2/c28-21-13-11-20(12-14-21)26(31)29-22-15-16-23-24(17-22)32-27(30-23)33-25(18-7-3-1-4-8-18)19-9-5-2-6-10-19/h1-17,25H,(H,29,31). The van der Waals surface area contributed by atoms with Crippen LogP contribution in [-0.2, 0) is 0 Å². The van der Waals surface area contributed by atoms with Gasteiger partial charge in [-0.1, -0.05) is 84.0 Å². The van der Waals surface area contributed by atoms with Crippen LogP contribution in [0.5, 0.6) is 0 Å². The molecule has 0 saturated heterocycles. The van der Waals surface area contributed by atoms with Crippen molar-refractivity contribution in [3.05, 3.63) is 125 Å². The number of thiazole rings is 1. The van der Waals surface area contributed by atoms with Crippen LogP contribution in [0.4, 0.5) is 5.69 Å². The number of fused-ring (bicyclic) bond motifs is 1. The molecule has 0 aliphatic heterocycles. The molecule has 33 heavy (non-hydrogen) atoms. The lowest BCUT2D eigenvalue weighted by molar-refractivity contribution is 0.102. The van der Waals surface area contributed by atoms with E-state index in [0.29, 0.717) is 10.6 Å². The van der Waals surface area contributed by atoms with Gasteiger partial charge in [-0.3, -0.25) is 4.79 Å². The number of amides is 1. The van der Waals surface area contributed by atoms with Crippen LogP contribution in [0.25, 0.3) is 10.2 Å². The number of aromatic nitrogens is 1. The van der Waals surface area contributed by atoms with Gasteiger partial charge in [0.2, 0.25) is 0 Å². The highest BCUT2D eigenvalue weighted by Crippen LogP contribution is 2.43. The number of rotatable bonds is 6. The van der Waals surface area contributed by atoms with Crippen molar-refractivity contribution in [2.75, 3.05) is 5.32 Å². The van der Waals surface area contributed by atoms with Crippen LogP contribution >= 0.6 is 34.7 Å². The molecule has 5 aromatic rings. The molecule has 3 nitrogen and oxygen atoms in total. The van der Waals surface area contributed by atoms with Gasteiger partial charge in [0.05, 0.1) is 15.5 Å². The van der Waals surface area contributed by atoms with E-state index in [4.69, 9.17) is 16.6 Å². The van der Waals surface area contributed by atoms with Crippen molar-refractivity contribution < 1.29 is 4.79 Å². The minimum atomic E-state index is -0.168. The van der Waals surface area contributed by atoms with Crippen LogP contribution in [0.2, 0.25) is 5.02 Å². The number of carbonyl (C=O) groups is 1. The maximum atomic E-state index is 12.6. The molecule has 0 aliphatic rings. The summed E-state index contributed by atoms with van der Waals surface area (Å²) in [5.41, 5.74) is 4.71. The predicted octanol–water partition coefficient (Wildman–Crippen LogP) is 8.08. The fraction of sp³-hybridized carbons (Fsp3) is 0.0370. The number of thioether (sulfide) groups is 1. The maximum absolute atomic E-state index is 12.6. The molecule has 0 bridgehead atoms. The zero-order valence-electron chi connectivity index (χ0n) is 17.4. The highest BCUT2D eigenvalue weighted by atomic mass is 35.5. The molecule has 4 aromatic carbocycles. The number of hydrogen-bond donors (Lipinski definition) is 1. The van der Waals surface area contributed by atoms with Crippen molar-refractivity contribution in [3.8, 4) is 0 Å². The Hall–Kier alpha value is -3.12. The quantitative estimate of drug-likeness (QED) is 0.246. The van der Waals surface area contributed by atoms with E-state index in [0.717, 1.165) is 20.2 Å². The van der Waals surface area contributed by atoms with Crippen LogP contribution in [0.15, 0.2) is 107 Å². The van der Waals surface area contributed by atoms with E-state index in [9.17, 15) is 4.79 Å². The summed E-state index contributed by atoms with van der Waals surface area (Å²) in [5.74, 6) is -0.168. The number of hydrogen-bond acceptors (Lipinski definition) is 4. The number of nitrogens with one attached hydrogen (secondary N) is 1. The fourth-order valence-electron chi connectivity index (χ4n) is 3.52. The molecular formula is C27H19ClN2OS2. The SMILES string of the molecule is O=C(Nc1ccc2nc(SC(c3ccccc3)c3ccccc3)sc2c1)c1ccc(Cl)cc1. The van der Waals surface area contributed by atoms with Crippen LogP contribution < -0.4 is 5.32 Å². The van der Waals surface area contributed by atoms with Gasteiger partial charge in [-0.2, -0.15) is 0 Å². The Balaban J connectivity index is 1.39. The Morgan fingerprint density at radius 2 is 1.48 bits per heavy atom. The number of anilines is 1. The molecule has 0 fully saturated rings. The number of carbonyl (C=O) groups excluding carboxylic acids is 1. The summed E-state index contributed by atoms with van der Waals surface area (Å²) in [6.07, 6.45) is 0. The lowest BCUT2D eigenvalue weighted by Crippen LogP contribution is -2.11. The second-order valence-electron chi connectivity index (χ2n) is 7.44. The minimum Gasteiger partial charge on any atom is -0.322 e. The van der Waals surface area contributed by atoms with Gasteiger partial charge in [0.15, 0.2) is 4.34 Å². The van der Waals surface area contributed by atoms with E-state index in [2.05, 4.69) is 53.8 Å². The molecule has 1 aromatic heterocycles. The molecule has 0 atom stereocenters. The van der Waals surface area contributed by atoms with Gasteiger partial charge in [-0.05, 0) is 53.6 Å². The Morgan fingerprint density at radius 3 is 2.12 bits per heavy atom. The summed E-state index contributed by atoms with van der Waals surface area (Å²) in [5, 5.41) is 3.72. The third-order valence-corrected chi connectivity index (χ3v) is 7.83. The molecule has 6 heteroatoms. The van der Waals surface area contributed by atoms with Crippen molar-refractivity contribution in [3.63, 3.8) is 0 Å². The molecule has 5 rings (SSSR count). The third kappa shape index (κ3) is 5.11. The van der Waals surface area contributed by atoms with Crippen LogP contribution in [0.1, 0.15) is 26.7 Å². The monoisotopic (exact) mass is 486 g/mol. The van der Waals surface area contributed by atoms with Crippen molar-refractivity contribution in [1.82, 2.24) is 4.98 Å². The highest BCUT2D eigenvalue weighted by molar-refractivity contribution is 8.01.